The average molecular weight is 136 g/mol. The van der Waals surface area contributed by atoms with E-state index in [1.807, 2.05) is 0 Å². The van der Waals surface area contributed by atoms with Crippen molar-refractivity contribution in [3.63, 3.8) is 0 Å². The zero-order valence-corrected chi connectivity index (χ0v) is 5.03. The maximum atomic E-state index is 10.8. The van der Waals surface area contributed by atoms with Crippen molar-refractivity contribution in [1.82, 2.24) is 5.32 Å². The molecule has 50 valence electrons. The van der Waals surface area contributed by atoms with Gasteiger partial charge in [0.25, 0.3) is 0 Å². The Labute approximate surface area is 56.6 Å². The van der Waals surface area contributed by atoms with E-state index in [1.165, 1.54) is 6.21 Å². The zero-order chi connectivity index (χ0) is 6.97. The maximum absolute atomic E-state index is 10.8. The number of aliphatic imine (C=N–C) groups is 1. The lowest BCUT2D eigenvalue weighted by Gasteiger charge is -2.04. The number of amides is 1. The summed E-state index contributed by atoms with van der Waals surface area (Å²) in [6, 6.07) is 0. The molecule has 0 saturated carbocycles. The fraction of sp³-hybridized carbons (Fsp3) is 0.200. The molecule has 0 aliphatic carbocycles. The van der Waals surface area contributed by atoms with Crippen molar-refractivity contribution in [2.45, 2.75) is 0 Å². The summed E-state index contributed by atoms with van der Waals surface area (Å²) >= 11 is 0. The van der Waals surface area contributed by atoms with Gasteiger partial charge in [-0.3, -0.25) is 9.79 Å². The summed E-state index contributed by atoms with van der Waals surface area (Å²) in [5.41, 5.74) is 0.464. The summed E-state index contributed by atoms with van der Waals surface area (Å²) in [6.07, 6.45) is 1.49. The molecule has 0 aromatic carbocycles. The molecule has 0 aromatic rings. The summed E-state index contributed by atoms with van der Waals surface area (Å²) < 4.78 is 0. The van der Waals surface area contributed by atoms with Crippen LogP contribution in [0.4, 0.5) is 0 Å². The highest BCUT2D eigenvalue weighted by Gasteiger charge is 2.20. The van der Waals surface area contributed by atoms with Crippen LogP contribution in [0.3, 0.4) is 0 Å². The van der Waals surface area contributed by atoms with E-state index >= 15 is 0 Å². The highest BCUT2D eigenvalue weighted by molar-refractivity contribution is 6.14. The molecule has 0 atom stereocenters. The molecule has 0 aromatic heterocycles. The highest BCUT2D eigenvalue weighted by atomic mass is 16.2. The third-order valence-electron chi connectivity index (χ3n) is 1.28. The van der Waals surface area contributed by atoms with Gasteiger partial charge in [-0.2, -0.15) is 0 Å². The van der Waals surface area contributed by atoms with Gasteiger partial charge in [0.15, 0.2) is 5.82 Å². The van der Waals surface area contributed by atoms with Gasteiger partial charge >= 0.3 is 5.91 Å². The summed E-state index contributed by atoms with van der Waals surface area (Å²) in [5, 5.41) is 9.74. The van der Waals surface area contributed by atoms with Crippen molar-refractivity contribution in [3.05, 3.63) is 11.4 Å². The predicted molar refractivity (Wildman–Crippen MR) is 33.4 cm³/mol. The van der Waals surface area contributed by atoms with Crippen molar-refractivity contribution < 1.29 is 4.79 Å². The van der Waals surface area contributed by atoms with Gasteiger partial charge in [-0.05, 0) is 0 Å². The molecule has 2 aliphatic heterocycles. The van der Waals surface area contributed by atoms with Crippen molar-refractivity contribution in [2.75, 3.05) is 6.67 Å². The third kappa shape index (κ3) is 0.570. The Hall–Kier alpha value is -1.52. The molecule has 0 saturated heterocycles. The van der Waals surface area contributed by atoms with Gasteiger partial charge in [-0.15, -0.1) is 10.2 Å². The van der Waals surface area contributed by atoms with E-state index < -0.39 is 0 Å². The average Bonchev–Trinajstić information content (AvgIpc) is 2.34. The number of nitrogens with one attached hydrogen (secondary N) is 1. The Kier molecular flexibility index (Phi) is 0.913. The van der Waals surface area contributed by atoms with Crippen LogP contribution in [-0.2, 0) is 4.79 Å². The van der Waals surface area contributed by atoms with Crippen LogP contribution in [0.15, 0.2) is 26.6 Å². The topological polar surface area (TPSA) is 66.2 Å². The lowest BCUT2D eigenvalue weighted by Crippen LogP contribution is -2.18. The molecular formula is C5H4N4O. The van der Waals surface area contributed by atoms with E-state index in [9.17, 15) is 4.79 Å². The first kappa shape index (κ1) is 5.28. The van der Waals surface area contributed by atoms with Crippen LogP contribution in [0.25, 0.3) is 0 Å². The number of azo groups is 1. The fourth-order valence-corrected chi connectivity index (χ4v) is 0.809. The second-order valence-electron chi connectivity index (χ2n) is 1.91. The SMILES string of the molecule is O=C1N=NC2=C1C=NCN2. The largest absolute Gasteiger partial charge is 0.349 e. The number of rotatable bonds is 0. The van der Waals surface area contributed by atoms with E-state index in [-0.39, 0.29) is 5.91 Å². The van der Waals surface area contributed by atoms with Crippen LogP contribution in [-0.4, -0.2) is 18.8 Å². The van der Waals surface area contributed by atoms with Crippen molar-refractivity contribution in [2.24, 2.45) is 15.2 Å². The summed E-state index contributed by atoms with van der Waals surface area (Å²) in [5.74, 6) is 0.228. The van der Waals surface area contributed by atoms with Gasteiger partial charge in [0, 0.05) is 6.21 Å². The van der Waals surface area contributed by atoms with Crippen LogP contribution < -0.4 is 5.32 Å². The van der Waals surface area contributed by atoms with Crippen molar-refractivity contribution in [3.8, 4) is 0 Å². The number of carbonyl (C=O) groups is 1. The molecule has 10 heavy (non-hydrogen) atoms. The first-order valence-corrected chi connectivity index (χ1v) is 2.82. The molecule has 5 heteroatoms. The standard InChI is InChI=1S/C5H4N4O/c10-5-3-1-6-2-7-4(3)8-9-5/h1,7H,2H2. The van der Waals surface area contributed by atoms with E-state index in [0.717, 1.165) is 0 Å². The molecule has 2 aliphatic rings. The van der Waals surface area contributed by atoms with Crippen LogP contribution >= 0.6 is 0 Å². The molecular weight excluding hydrogens is 132 g/mol. The Morgan fingerprint density at radius 2 is 2.40 bits per heavy atom. The Bertz CT molecular complexity index is 275. The first-order valence-electron chi connectivity index (χ1n) is 2.82. The minimum absolute atomic E-state index is 0.314. The van der Waals surface area contributed by atoms with Gasteiger partial charge < -0.3 is 5.32 Å². The van der Waals surface area contributed by atoms with Gasteiger partial charge in [-0.1, -0.05) is 0 Å². The minimum atomic E-state index is -0.314. The normalized spacial score (nSPS) is 21.4. The third-order valence-corrected chi connectivity index (χ3v) is 1.28. The van der Waals surface area contributed by atoms with Crippen LogP contribution in [0.2, 0.25) is 0 Å². The fourth-order valence-electron chi connectivity index (χ4n) is 0.809. The number of hydrogen-bond donors (Lipinski definition) is 1. The van der Waals surface area contributed by atoms with E-state index in [1.54, 1.807) is 0 Å². The van der Waals surface area contributed by atoms with Gasteiger partial charge in [0.2, 0.25) is 0 Å². The van der Waals surface area contributed by atoms with Gasteiger partial charge in [0.05, 0.1) is 0 Å². The molecule has 0 unspecified atom stereocenters. The molecule has 2 heterocycles. The molecule has 2 rings (SSSR count). The Balaban J connectivity index is 2.46. The van der Waals surface area contributed by atoms with Gasteiger partial charge in [-0.25, -0.2) is 0 Å². The van der Waals surface area contributed by atoms with Crippen molar-refractivity contribution in [1.29, 1.82) is 0 Å². The van der Waals surface area contributed by atoms with Gasteiger partial charge in [0.1, 0.15) is 12.2 Å². The van der Waals surface area contributed by atoms with E-state index in [4.69, 9.17) is 0 Å². The summed E-state index contributed by atoms with van der Waals surface area (Å²) in [7, 11) is 0. The van der Waals surface area contributed by atoms with Crippen LogP contribution in [0, 0.1) is 0 Å². The second-order valence-corrected chi connectivity index (χ2v) is 1.91. The van der Waals surface area contributed by atoms with Crippen LogP contribution in [0.1, 0.15) is 0 Å². The minimum Gasteiger partial charge on any atom is -0.349 e. The van der Waals surface area contributed by atoms with Crippen molar-refractivity contribution >= 4 is 12.1 Å². The smallest absolute Gasteiger partial charge is 0.300 e. The zero-order valence-electron chi connectivity index (χ0n) is 5.03. The highest BCUT2D eigenvalue weighted by Crippen LogP contribution is 2.13. The number of hydrogen-bond acceptors (Lipinski definition) is 4. The summed E-state index contributed by atoms with van der Waals surface area (Å²) in [4.78, 5) is 14.6. The lowest BCUT2D eigenvalue weighted by molar-refractivity contribution is -0.113. The monoisotopic (exact) mass is 136 g/mol. The molecule has 1 N–H and O–H groups in total. The first-order chi connectivity index (χ1) is 4.88. The summed E-state index contributed by atoms with van der Waals surface area (Å²) in [6.45, 7) is 0.477. The lowest BCUT2D eigenvalue weighted by atomic mass is 10.3. The number of nitrogens with zero attached hydrogens (tertiary/aromatic N) is 3. The molecule has 5 nitrogen and oxygen atoms in total. The Morgan fingerprint density at radius 3 is 3.20 bits per heavy atom. The molecule has 1 amide bonds. The van der Waals surface area contributed by atoms with Crippen LogP contribution in [0.5, 0.6) is 0 Å². The van der Waals surface area contributed by atoms with E-state index in [0.29, 0.717) is 18.1 Å². The molecule has 0 fully saturated rings. The number of carbonyl (C=O) groups excluding carboxylic acids is 1. The predicted octanol–water partition coefficient (Wildman–Crippen LogP) is -0.178. The molecule has 0 spiro atoms. The molecule has 0 bridgehead atoms. The maximum Gasteiger partial charge on any atom is 0.300 e. The Morgan fingerprint density at radius 1 is 1.50 bits per heavy atom. The van der Waals surface area contributed by atoms with E-state index in [2.05, 4.69) is 20.5 Å². The molecule has 0 radical (unpaired) electrons. The quantitative estimate of drug-likeness (QED) is 0.502. The second kappa shape index (κ2) is 1.73.